The second-order valence-corrected chi connectivity index (χ2v) is 8.53. The first kappa shape index (κ1) is 23.9. The van der Waals surface area contributed by atoms with Gasteiger partial charge in [-0.1, -0.05) is 30.3 Å². The van der Waals surface area contributed by atoms with Gasteiger partial charge in [0.25, 0.3) is 5.91 Å². The maximum atomic E-state index is 13.3. The molecule has 4 rings (SSSR count). The fourth-order valence-electron chi connectivity index (χ4n) is 4.09. The first-order chi connectivity index (χ1) is 16.9. The van der Waals surface area contributed by atoms with Crippen molar-refractivity contribution in [2.45, 2.75) is 38.8 Å². The molecule has 3 aromatic rings. The van der Waals surface area contributed by atoms with E-state index in [9.17, 15) is 19.5 Å². The van der Waals surface area contributed by atoms with Gasteiger partial charge in [0.15, 0.2) is 11.5 Å². The van der Waals surface area contributed by atoms with Gasteiger partial charge < -0.3 is 9.84 Å². The molecule has 1 N–H and O–H groups in total. The minimum atomic E-state index is -0.817. The van der Waals surface area contributed by atoms with Crippen LogP contribution < -0.4 is 4.90 Å². The van der Waals surface area contributed by atoms with Crippen molar-refractivity contribution < 1.29 is 24.2 Å². The van der Waals surface area contributed by atoms with E-state index in [4.69, 9.17) is 4.74 Å². The van der Waals surface area contributed by atoms with Gasteiger partial charge >= 0.3 is 5.97 Å². The number of aliphatic hydroxyl groups is 1. The Hall–Kier alpha value is -4.26. The molecule has 0 radical (unpaired) electrons. The molecule has 1 amide bonds. The number of carbonyl (C=O) groups is 3. The minimum Gasteiger partial charge on any atom is -0.503 e. The number of carbonyl (C=O) groups excluding carboxylic acids is 3. The van der Waals surface area contributed by atoms with Crippen molar-refractivity contribution in [3.63, 3.8) is 0 Å². The van der Waals surface area contributed by atoms with Crippen molar-refractivity contribution in [2.75, 3.05) is 4.90 Å². The molecule has 7 heteroatoms. The van der Waals surface area contributed by atoms with Crippen molar-refractivity contribution in [3.8, 4) is 0 Å². The average molecular weight is 471 g/mol. The average Bonchev–Trinajstić information content (AvgIpc) is 3.14. The maximum Gasteiger partial charge on any atom is 0.338 e. The smallest absolute Gasteiger partial charge is 0.338 e. The van der Waals surface area contributed by atoms with Crippen LogP contribution in [0.4, 0.5) is 5.69 Å². The van der Waals surface area contributed by atoms with Crippen LogP contribution in [-0.4, -0.2) is 33.9 Å². The Labute approximate surface area is 203 Å². The number of hydrogen-bond donors (Lipinski definition) is 1. The van der Waals surface area contributed by atoms with Crippen LogP contribution >= 0.6 is 0 Å². The molecule has 178 valence electrons. The van der Waals surface area contributed by atoms with Gasteiger partial charge in [0, 0.05) is 24.5 Å². The summed E-state index contributed by atoms with van der Waals surface area (Å²) in [5, 5.41) is 10.8. The number of amides is 1. The Morgan fingerprint density at radius 3 is 2.29 bits per heavy atom. The van der Waals surface area contributed by atoms with Gasteiger partial charge in [0.2, 0.25) is 0 Å². The lowest BCUT2D eigenvalue weighted by Gasteiger charge is -2.27. The Balaban J connectivity index is 1.66. The van der Waals surface area contributed by atoms with Crippen LogP contribution in [0.3, 0.4) is 0 Å². The summed E-state index contributed by atoms with van der Waals surface area (Å²) in [5.41, 5.74) is 2.47. The molecular formula is C28H26N2O5. The molecule has 0 saturated carbocycles. The van der Waals surface area contributed by atoms with E-state index in [0.29, 0.717) is 23.2 Å². The van der Waals surface area contributed by atoms with Gasteiger partial charge in [-0.15, -0.1) is 0 Å². The summed E-state index contributed by atoms with van der Waals surface area (Å²) in [7, 11) is 0. The van der Waals surface area contributed by atoms with Gasteiger partial charge in [-0.3, -0.25) is 19.5 Å². The van der Waals surface area contributed by atoms with E-state index in [1.54, 1.807) is 62.6 Å². The van der Waals surface area contributed by atoms with Crippen LogP contribution in [0.25, 0.3) is 0 Å². The molecule has 0 bridgehead atoms. The fourth-order valence-corrected chi connectivity index (χ4v) is 4.09. The number of hydrogen-bond acceptors (Lipinski definition) is 6. The fraction of sp³-hybridized carbons (Fsp3) is 0.214. The standard InChI is InChI=1S/C28H26N2O5/c1-18(2)35-28(34)21-9-11-22(12-10-21)30-25(20-14-16-29-17-15-20)24(26(32)27(30)33)23(31)13-8-19-6-4-3-5-7-19/h3-7,9-12,14-18,25,32H,8,13H2,1-2H3. The number of aliphatic hydroxyl groups excluding tert-OH is 1. The number of ether oxygens (including phenoxy) is 1. The van der Waals surface area contributed by atoms with Crippen LogP contribution in [0.5, 0.6) is 0 Å². The van der Waals surface area contributed by atoms with E-state index in [2.05, 4.69) is 4.98 Å². The largest absolute Gasteiger partial charge is 0.503 e. The van der Waals surface area contributed by atoms with E-state index in [1.165, 1.54) is 4.90 Å². The van der Waals surface area contributed by atoms with Crippen molar-refractivity contribution >= 4 is 23.3 Å². The number of aromatic nitrogens is 1. The van der Waals surface area contributed by atoms with Crippen LogP contribution in [-0.2, 0) is 20.7 Å². The molecule has 1 aromatic heterocycles. The summed E-state index contributed by atoms with van der Waals surface area (Å²) in [6.07, 6.45) is 3.52. The summed E-state index contributed by atoms with van der Waals surface area (Å²) < 4.78 is 5.22. The summed E-state index contributed by atoms with van der Waals surface area (Å²) >= 11 is 0. The minimum absolute atomic E-state index is 0.0559. The molecule has 2 heterocycles. The summed E-state index contributed by atoms with van der Waals surface area (Å²) in [6, 6.07) is 18.5. The molecule has 1 unspecified atom stereocenters. The highest BCUT2D eigenvalue weighted by atomic mass is 16.5. The van der Waals surface area contributed by atoms with Crippen LogP contribution in [0, 0.1) is 0 Å². The predicted octanol–water partition coefficient (Wildman–Crippen LogP) is 4.75. The van der Waals surface area contributed by atoms with Crippen molar-refractivity contribution in [2.24, 2.45) is 0 Å². The van der Waals surface area contributed by atoms with Gasteiger partial charge in [-0.05, 0) is 67.8 Å². The number of nitrogens with zero attached hydrogens (tertiary/aromatic N) is 2. The second kappa shape index (κ2) is 10.3. The van der Waals surface area contributed by atoms with E-state index in [-0.39, 0.29) is 23.9 Å². The highest BCUT2D eigenvalue weighted by molar-refractivity contribution is 6.16. The molecule has 1 aliphatic heterocycles. The number of aryl methyl sites for hydroxylation is 1. The van der Waals surface area contributed by atoms with Gasteiger partial charge in [-0.25, -0.2) is 4.79 Å². The van der Waals surface area contributed by atoms with Crippen molar-refractivity contribution in [1.82, 2.24) is 4.98 Å². The zero-order valence-electron chi connectivity index (χ0n) is 19.5. The van der Waals surface area contributed by atoms with Crippen LogP contribution in [0.15, 0.2) is 90.5 Å². The summed E-state index contributed by atoms with van der Waals surface area (Å²) in [4.78, 5) is 44.1. The molecular weight excluding hydrogens is 444 g/mol. The highest BCUT2D eigenvalue weighted by Gasteiger charge is 2.44. The lowest BCUT2D eigenvalue weighted by atomic mass is 9.93. The lowest BCUT2D eigenvalue weighted by Crippen LogP contribution is -2.31. The SMILES string of the molecule is CC(C)OC(=O)c1ccc(N2C(=O)C(O)=C(C(=O)CCc3ccccc3)C2c2ccncc2)cc1. The normalized spacial score (nSPS) is 15.6. The predicted molar refractivity (Wildman–Crippen MR) is 131 cm³/mol. The molecule has 0 fully saturated rings. The number of ketones is 1. The summed E-state index contributed by atoms with van der Waals surface area (Å²) in [6.45, 7) is 3.53. The first-order valence-corrected chi connectivity index (χ1v) is 11.4. The Bertz CT molecular complexity index is 1250. The van der Waals surface area contributed by atoms with E-state index >= 15 is 0 Å². The molecule has 0 aliphatic carbocycles. The van der Waals surface area contributed by atoms with Crippen LogP contribution in [0.1, 0.15) is 47.8 Å². The third-order valence-electron chi connectivity index (χ3n) is 5.74. The zero-order valence-corrected chi connectivity index (χ0v) is 19.5. The van der Waals surface area contributed by atoms with Crippen molar-refractivity contribution in [3.05, 3.63) is 107 Å². The number of Topliss-reactive ketones (excluding diaryl/α,β-unsaturated/α-hetero) is 1. The third kappa shape index (κ3) is 5.14. The van der Waals surface area contributed by atoms with Gasteiger partial charge in [-0.2, -0.15) is 0 Å². The number of benzene rings is 2. The Morgan fingerprint density at radius 1 is 1.00 bits per heavy atom. The Morgan fingerprint density at radius 2 is 1.66 bits per heavy atom. The summed E-state index contributed by atoms with van der Waals surface area (Å²) in [5.74, 6) is -2.01. The molecule has 0 saturated heterocycles. The van der Waals surface area contributed by atoms with E-state index < -0.39 is 23.7 Å². The van der Waals surface area contributed by atoms with Crippen LogP contribution in [0.2, 0.25) is 0 Å². The Kier molecular flexibility index (Phi) is 7.06. The molecule has 7 nitrogen and oxygen atoms in total. The number of pyridine rings is 1. The number of anilines is 1. The molecule has 0 spiro atoms. The first-order valence-electron chi connectivity index (χ1n) is 11.4. The van der Waals surface area contributed by atoms with Crippen molar-refractivity contribution in [1.29, 1.82) is 0 Å². The van der Waals surface area contributed by atoms with Gasteiger partial charge in [0.05, 0.1) is 23.3 Å². The lowest BCUT2D eigenvalue weighted by molar-refractivity contribution is -0.118. The molecule has 35 heavy (non-hydrogen) atoms. The topological polar surface area (TPSA) is 96.8 Å². The van der Waals surface area contributed by atoms with E-state index in [0.717, 1.165) is 5.56 Å². The number of rotatable bonds is 8. The monoisotopic (exact) mass is 470 g/mol. The van der Waals surface area contributed by atoms with E-state index in [1.807, 2.05) is 30.3 Å². The number of esters is 1. The molecule has 2 aromatic carbocycles. The zero-order chi connectivity index (χ0) is 24.9. The second-order valence-electron chi connectivity index (χ2n) is 8.53. The molecule has 1 atom stereocenters. The van der Waals surface area contributed by atoms with Gasteiger partial charge in [0.1, 0.15) is 0 Å². The quantitative estimate of drug-likeness (QED) is 0.477. The maximum absolute atomic E-state index is 13.3. The third-order valence-corrected chi connectivity index (χ3v) is 5.74. The molecule has 1 aliphatic rings. The highest BCUT2D eigenvalue weighted by Crippen LogP contribution is 2.41.